The molecule has 0 fully saturated rings. The van der Waals surface area contributed by atoms with Crippen LogP contribution < -0.4 is 0 Å². The van der Waals surface area contributed by atoms with E-state index in [2.05, 4.69) is 0 Å². The quantitative estimate of drug-likeness (QED) is 0.423. The van der Waals surface area contributed by atoms with E-state index in [1.165, 1.54) is 13.8 Å². The normalized spacial score (nSPS) is 12.1. The van der Waals surface area contributed by atoms with E-state index in [0.29, 0.717) is 0 Å². The monoisotopic (exact) mass is 502 g/mol. The van der Waals surface area contributed by atoms with Crippen molar-refractivity contribution in [3.05, 3.63) is 45.4 Å². The van der Waals surface area contributed by atoms with Crippen molar-refractivity contribution >= 4 is 74.2 Å². The Morgan fingerprint density at radius 1 is 0.679 bits per heavy atom. The molecular formula is C16H10Cl4O6S2. The first-order chi connectivity index (χ1) is 12.6. The van der Waals surface area contributed by atoms with Gasteiger partial charge >= 0.3 is 0 Å². The summed E-state index contributed by atoms with van der Waals surface area (Å²) in [5.41, 5.74) is -0.257. The van der Waals surface area contributed by atoms with Crippen molar-refractivity contribution in [2.24, 2.45) is 0 Å². The summed E-state index contributed by atoms with van der Waals surface area (Å²) in [6.07, 6.45) is 0. The van der Waals surface area contributed by atoms with Gasteiger partial charge in [0.05, 0.1) is 10.0 Å². The van der Waals surface area contributed by atoms with Crippen LogP contribution in [0.25, 0.3) is 11.1 Å². The molecule has 28 heavy (non-hydrogen) atoms. The fourth-order valence-corrected chi connectivity index (χ4v) is 5.55. The Kier molecular flexibility index (Phi) is 6.55. The van der Waals surface area contributed by atoms with Gasteiger partial charge in [-0.25, -0.2) is 16.8 Å². The smallest absolute Gasteiger partial charge is 0.262 e. The predicted octanol–water partition coefficient (Wildman–Crippen LogP) is 4.92. The zero-order valence-corrected chi connectivity index (χ0v) is 18.7. The molecule has 150 valence electrons. The molecule has 2 aromatic rings. The molecule has 0 N–H and O–H groups in total. The third-order valence-electron chi connectivity index (χ3n) is 3.72. The van der Waals surface area contributed by atoms with Crippen LogP contribution in [0, 0.1) is 0 Å². The van der Waals surface area contributed by atoms with Crippen molar-refractivity contribution in [2.75, 3.05) is 0 Å². The molecule has 0 aliphatic heterocycles. The highest BCUT2D eigenvalue weighted by atomic mass is 35.7. The van der Waals surface area contributed by atoms with Crippen molar-refractivity contribution in [3.63, 3.8) is 0 Å². The number of hydrogen-bond donors (Lipinski definition) is 0. The number of benzene rings is 2. The fraction of sp³-hybridized carbons (Fsp3) is 0.125. The molecule has 0 atom stereocenters. The van der Waals surface area contributed by atoms with E-state index in [-0.39, 0.29) is 32.3 Å². The van der Waals surface area contributed by atoms with Gasteiger partial charge in [-0.15, -0.1) is 0 Å². The lowest BCUT2D eigenvalue weighted by atomic mass is 9.92. The molecule has 0 saturated carbocycles. The van der Waals surface area contributed by atoms with Crippen molar-refractivity contribution in [2.45, 2.75) is 23.6 Å². The van der Waals surface area contributed by atoms with Crippen molar-refractivity contribution < 1.29 is 26.4 Å². The van der Waals surface area contributed by atoms with Crippen molar-refractivity contribution in [1.82, 2.24) is 0 Å². The second-order valence-electron chi connectivity index (χ2n) is 5.64. The highest BCUT2D eigenvalue weighted by Gasteiger charge is 2.25. The van der Waals surface area contributed by atoms with Crippen LogP contribution in [0.15, 0.2) is 34.1 Å². The first-order valence-electron chi connectivity index (χ1n) is 7.23. The van der Waals surface area contributed by atoms with Crippen LogP contribution in [-0.2, 0) is 18.1 Å². The molecule has 0 spiro atoms. The van der Waals surface area contributed by atoms with Crippen molar-refractivity contribution in [3.8, 4) is 11.1 Å². The topological polar surface area (TPSA) is 102 Å². The van der Waals surface area contributed by atoms with Gasteiger partial charge in [0.1, 0.15) is 9.79 Å². The zero-order chi connectivity index (χ0) is 21.6. The van der Waals surface area contributed by atoms with E-state index in [0.717, 1.165) is 24.3 Å². The summed E-state index contributed by atoms with van der Waals surface area (Å²) in [6, 6.07) is 4.12. The van der Waals surface area contributed by atoms with Gasteiger partial charge in [-0.3, -0.25) is 9.59 Å². The molecule has 0 heterocycles. The number of carbonyl (C=O) groups excluding carboxylic acids is 2. The Hall–Kier alpha value is -1.16. The molecule has 12 heteroatoms. The Morgan fingerprint density at radius 2 is 0.964 bits per heavy atom. The standard InChI is InChI=1S/C16H10Cl4O6S2/c1-7(21)9-3-13(17)15(27(19,23)24)5-11(9)12-6-16(28(20,25)26)14(18)4-10(12)8(2)22/h3-6H,1-2H3. The van der Waals surface area contributed by atoms with Crippen LogP contribution in [-0.4, -0.2) is 28.4 Å². The molecule has 2 aromatic carbocycles. The van der Waals surface area contributed by atoms with Crippen LogP contribution in [0.2, 0.25) is 10.0 Å². The average Bonchev–Trinajstić information content (AvgIpc) is 2.52. The first-order valence-corrected chi connectivity index (χ1v) is 12.6. The lowest BCUT2D eigenvalue weighted by molar-refractivity contribution is 0.100. The molecule has 0 saturated heterocycles. The van der Waals surface area contributed by atoms with Gasteiger partial charge in [-0.1, -0.05) is 23.2 Å². The fourth-order valence-electron chi connectivity index (χ4n) is 2.51. The third kappa shape index (κ3) is 4.69. The second kappa shape index (κ2) is 7.93. The number of carbonyl (C=O) groups is 2. The van der Waals surface area contributed by atoms with Gasteiger partial charge in [0.2, 0.25) is 0 Å². The number of ketones is 2. The molecule has 6 nitrogen and oxygen atoms in total. The van der Waals surface area contributed by atoms with Gasteiger partial charge in [0.15, 0.2) is 11.6 Å². The van der Waals surface area contributed by atoms with E-state index in [1.807, 2.05) is 0 Å². The summed E-state index contributed by atoms with van der Waals surface area (Å²) < 4.78 is 47.2. The first kappa shape index (κ1) is 23.1. The van der Waals surface area contributed by atoms with Gasteiger partial charge in [-0.05, 0) is 49.2 Å². The highest BCUT2D eigenvalue weighted by molar-refractivity contribution is 8.14. The summed E-state index contributed by atoms with van der Waals surface area (Å²) in [5.74, 6) is -1.04. The minimum absolute atomic E-state index is 0.0585. The summed E-state index contributed by atoms with van der Waals surface area (Å²) >= 11 is 11.9. The van der Waals surface area contributed by atoms with Crippen LogP contribution in [0.4, 0.5) is 0 Å². The molecular weight excluding hydrogens is 494 g/mol. The largest absolute Gasteiger partial charge is 0.294 e. The Morgan fingerprint density at radius 3 is 1.18 bits per heavy atom. The van der Waals surface area contributed by atoms with Crippen LogP contribution in [0.3, 0.4) is 0 Å². The molecule has 0 aliphatic rings. The summed E-state index contributed by atoms with van der Waals surface area (Å²) in [6.45, 7) is 2.37. The number of rotatable bonds is 5. The predicted molar refractivity (Wildman–Crippen MR) is 108 cm³/mol. The van der Waals surface area contributed by atoms with Crippen LogP contribution in [0.5, 0.6) is 0 Å². The van der Waals surface area contributed by atoms with Gasteiger partial charge < -0.3 is 0 Å². The maximum Gasteiger partial charge on any atom is 0.262 e. The van der Waals surface area contributed by atoms with Crippen molar-refractivity contribution in [1.29, 1.82) is 0 Å². The van der Waals surface area contributed by atoms with Gasteiger partial charge in [0, 0.05) is 32.5 Å². The van der Waals surface area contributed by atoms with Crippen LogP contribution in [0.1, 0.15) is 34.6 Å². The Labute approximate surface area is 180 Å². The lowest BCUT2D eigenvalue weighted by Crippen LogP contribution is -2.06. The summed E-state index contributed by atoms with van der Waals surface area (Å²) in [4.78, 5) is 23.1. The van der Waals surface area contributed by atoms with E-state index < -0.39 is 39.5 Å². The molecule has 0 amide bonds. The van der Waals surface area contributed by atoms with Crippen LogP contribution >= 0.6 is 44.6 Å². The summed E-state index contributed by atoms with van der Waals surface area (Å²) in [7, 11) is 2.14. The molecule has 0 unspecified atom stereocenters. The van der Waals surface area contributed by atoms with E-state index in [4.69, 9.17) is 44.6 Å². The second-order valence-corrected chi connectivity index (χ2v) is 11.5. The maximum atomic E-state index is 12.1. The number of hydrogen-bond acceptors (Lipinski definition) is 6. The summed E-state index contributed by atoms with van der Waals surface area (Å²) in [5, 5.41) is -0.625. The Bertz CT molecular complexity index is 1140. The van der Waals surface area contributed by atoms with E-state index >= 15 is 0 Å². The maximum absolute atomic E-state index is 12.1. The highest BCUT2D eigenvalue weighted by Crippen LogP contribution is 2.39. The average molecular weight is 504 g/mol. The molecule has 0 bridgehead atoms. The third-order valence-corrected chi connectivity index (χ3v) is 7.29. The SMILES string of the molecule is CC(=O)c1cc(Cl)c(S(=O)(=O)Cl)cc1-c1cc(S(=O)(=O)Cl)c(Cl)cc1C(C)=O. The minimum Gasteiger partial charge on any atom is -0.294 e. The minimum atomic E-state index is -4.31. The van der Waals surface area contributed by atoms with Gasteiger partial charge in [-0.2, -0.15) is 0 Å². The number of Topliss-reactive ketones (excluding diaryl/α,β-unsaturated/α-hetero) is 2. The Balaban J connectivity index is 3.09. The molecule has 2 rings (SSSR count). The zero-order valence-electron chi connectivity index (χ0n) is 14.1. The molecule has 0 radical (unpaired) electrons. The van der Waals surface area contributed by atoms with E-state index in [1.54, 1.807) is 0 Å². The van der Waals surface area contributed by atoms with Gasteiger partial charge in [0.25, 0.3) is 18.1 Å². The molecule has 0 aliphatic carbocycles. The number of halogens is 4. The lowest BCUT2D eigenvalue weighted by Gasteiger charge is -2.15. The molecule has 0 aromatic heterocycles. The van der Waals surface area contributed by atoms with E-state index in [9.17, 15) is 26.4 Å².